The summed E-state index contributed by atoms with van der Waals surface area (Å²) in [5, 5.41) is 2.19. The SMILES string of the molecule is C[Si](C)(C)C#Cc1ccc(-c2ccsc2-c2ccc(C#C[Si](C)(C)C)s2)s1. The molecule has 0 spiro atoms. The Morgan fingerprint density at radius 2 is 1.19 bits per heavy atom. The number of hydrogen-bond donors (Lipinski definition) is 0. The summed E-state index contributed by atoms with van der Waals surface area (Å²) in [5.74, 6) is 6.77. The second-order valence-electron chi connectivity index (χ2n) is 8.49. The van der Waals surface area contributed by atoms with Crippen LogP contribution in [0.3, 0.4) is 0 Å². The van der Waals surface area contributed by atoms with Crippen LogP contribution in [0.2, 0.25) is 39.3 Å². The van der Waals surface area contributed by atoms with Crippen LogP contribution in [0.25, 0.3) is 20.2 Å². The molecule has 0 aliphatic heterocycles. The zero-order valence-corrected chi connectivity index (χ0v) is 21.1. The largest absolute Gasteiger partial charge is 0.142 e. The Morgan fingerprint density at radius 1 is 0.667 bits per heavy atom. The molecule has 0 aliphatic rings. The van der Waals surface area contributed by atoms with E-state index in [0.29, 0.717) is 0 Å². The molecule has 0 saturated carbocycles. The predicted octanol–water partition coefficient (Wildman–Crippen LogP) is 7.66. The average molecular weight is 441 g/mol. The molecule has 3 heterocycles. The summed E-state index contributed by atoms with van der Waals surface area (Å²) < 4.78 is 0. The maximum atomic E-state index is 3.47. The fourth-order valence-electron chi connectivity index (χ4n) is 2.27. The van der Waals surface area contributed by atoms with Gasteiger partial charge in [-0.3, -0.25) is 0 Å². The van der Waals surface area contributed by atoms with Gasteiger partial charge in [0.15, 0.2) is 0 Å². The Labute approximate surface area is 177 Å². The average Bonchev–Trinajstić information content (AvgIpc) is 3.28. The normalized spacial score (nSPS) is 11.5. The number of thiophene rings is 3. The summed E-state index contributed by atoms with van der Waals surface area (Å²) >= 11 is 5.41. The van der Waals surface area contributed by atoms with Crippen molar-refractivity contribution in [1.82, 2.24) is 0 Å². The van der Waals surface area contributed by atoms with Gasteiger partial charge in [-0.05, 0) is 35.7 Å². The van der Waals surface area contributed by atoms with Gasteiger partial charge >= 0.3 is 0 Å². The highest BCUT2D eigenvalue weighted by Crippen LogP contribution is 2.42. The van der Waals surface area contributed by atoms with Crippen molar-refractivity contribution in [1.29, 1.82) is 0 Å². The molecule has 0 nitrogen and oxygen atoms in total. The van der Waals surface area contributed by atoms with Gasteiger partial charge < -0.3 is 0 Å². The number of rotatable bonds is 2. The van der Waals surface area contributed by atoms with E-state index < -0.39 is 16.1 Å². The zero-order valence-electron chi connectivity index (χ0n) is 16.7. The fourth-order valence-corrected chi connectivity index (χ4v) is 6.34. The lowest BCUT2D eigenvalue weighted by atomic mass is 10.2. The molecule has 0 atom stereocenters. The molecule has 0 N–H and O–H groups in total. The van der Waals surface area contributed by atoms with Gasteiger partial charge in [-0.1, -0.05) is 51.1 Å². The summed E-state index contributed by atoms with van der Waals surface area (Å²) in [5.41, 5.74) is 8.25. The summed E-state index contributed by atoms with van der Waals surface area (Å²) in [6, 6.07) is 11.0. The van der Waals surface area contributed by atoms with Crippen LogP contribution in [-0.4, -0.2) is 16.1 Å². The summed E-state index contributed by atoms with van der Waals surface area (Å²) in [6.45, 7) is 13.7. The first-order valence-corrected chi connectivity index (χ1v) is 18.5. The molecule has 0 bridgehead atoms. The van der Waals surface area contributed by atoms with Crippen LogP contribution >= 0.6 is 34.0 Å². The van der Waals surface area contributed by atoms with Crippen molar-refractivity contribution in [2.45, 2.75) is 39.3 Å². The van der Waals surface area contributed by atoms with E-state index in [1.807, 2.05) is 11.3 Å². The van der Waals surface area contributed by atoms with Gasteiger partial charge in [-0.15, -0.1) is 45.1 Å². The third-order valence-electron chi connectivity index (χ3n) is 3.49. The van der Waals surface area contributed by atoms with Crippen molar-refractivity contribution < 1.29 is 0 Å². The van der Waals surface area contributed by atoms with Crippen LogP contribution in [0.5, 0.6) is 0 Å². The molecule has 0 fully saturated rings. The fraction of sp³-hybridized carbons (Fsp3) is 0.273. The predicted molar refractivity (Wildman–Crippen MR) is 131 cm³/mol. The van der Waals surface area contributed by atoms with Crippen molar-refractivity contribution in [2.24, 2.45) is 0 Å². The van der Waals surface area contributed by atoms with Crippen LogP contribution in [0.4, 0.5) is 0 Å². The molecule has 3 aromatic heterocycles. The minimum absolute atomic E-state index is 1.16. The van der Waals surface area contributed by atoms with Crippen molar-refractivity contribution in [3.05, 3.63) is 45.5 Å². The molecule has 3 aromatic rings. The van der Waals surface area contributed by atoms with Gasteiger partial charge in [0, 0.05) is 15.3 Å². The van der Waals surface area contributed by atoms with E-state index in [1.54, 1.807) is 22.7 Å². The lowest BCUT2D eigenvalue weighted by Gasteiger charge is -2.02. The Bertz CT molecular complexity index is 976. The van der Waals surface area contributed by atoms with Gasteiger partial charge in [-0.25, -0.2) is 0 Å². The topological polar surface area (TPSA) is 0 Å². The second-order valence-corrected chi connectivity index (χ2v) is 21.1. The van der Waals surface area contributed by atoms with Crippen LogP contribution in [0.15, 0.2) is 35.7 Å². The second kappa shape index (κ2) is 7.95. The van der Waals surface area contributed by atoms with E-state index in [1.165, 1.54) is 25.1 Å². The molecular weight excluding hydrogens is 417 g/mol. The van der Waals surface area contributed by atoms with Crippen molar-refractivity contribution in [2.75, 3.05) is 0 Å². The van der Waals surface area contributed by atoms with Gasteiger partial charge in [-0.2, -0.15) is 0 Å². The molecule has 5 heteroatoms. The third-order valence-corrected chi connectivity index (χ3v) is 8.37. The summed E-state index contributed by atoms with van der Waals surface area (Å²) in [7, 11) is -2.68. The number of hydrogen-bond acceptors (Lipinski definition) is 3. The van der Waals surface area contributed by atoms with E-state index >= 15 is 0 Å². The van der Waals surface area contributed by atoms with Gasteiger partial charge in [0.1, 0.15) is 16.1 Å². The molecular formula is C22H24S3Si2. The van der Waals surface area contributed by atoms with Crippen LogP contribution < -0.4 is 0 Å². The maximum absolute atomic E-state index is 3.47. The molecule has 0 saturated heterocycles. The Morgan fingerprint density at radius 3 is 1.74 bits per heavy atom. The van der Waals surface area contributed by atoms with Gasteiger partial charge in [0.25, 0.3) is 0 Å². The first-order chi connectivity index (χ1) is 12.6. The minimum Gasteiger partial charge on any atom is -0.142 e. The Hall–Kier alpha value is -1.35. The molecule has 0 unspecified atom stereocenters. The summed E-state index contributed by atoms with van der Waals surface area (Å²) in [4.78, 5) is 6.28. The monoisotopic (exact) mass is 440 g/mol. The van der Waals surface area contributed by atoms with Gasteiger partial charge in [0.05, 0.1) is 14.6 Å². The molecule has 0 aliphatic carbocycles. The standard InChI is InChI=1S/C22H24S3Si2/c1-26(2,3)15-12-17-7-9-20(24-17)19-11-14-23-22(19)21-10-8-18(25-21)13-16-27(4,5)6/h7-11,14H,1-6H3. The van der Waals surface area contributed by atoms with E-state index in [2.05, 4.69) is 97.9 Å². The van der Waals surface area contributed by atoms with E-state index in [4.69, 9.17) is 0 Å². The molecule has 0 aromatic carbocycles. The molecule has 3 rings (SSSR count). The van der Waals surface area contributed by atoms with Crippen LogP contribution in [0, 0.1) is 22.9 Å². The summed E-state index contributed by atoms with van der Waals surface area (Å²) in [6.07, 6.45) is 0. The smallest absolute Gasteiger partial charge is 0.129 e. The van der Waals surface area contributed by atoms with E-state index in [9.17, 15) is 0 Å². The molecule has 138 valence electrons. The maximum Gasteiger partial charge on any atom is 0.129 e. The first kappa shape index (κ1) is 20.4. The molecule has 0 radical (unpaired) electrons. The molecule has 27 heavy (non-hydrogen) atoms. The van der Waals surface area contributed by atoms with Gasteiger partial charge in [0.2, 0.25) is 0 Å². The van der Waals surface area contributed by atoms with E-state index in [0.717, 1.165) is 4.88 Å². The lowest BCUT2D eigenvalue weighted by Crippen LogP contribution is -2.16. The Kier molecular flexibility index (Phi) is 6.00. The lowest BCUT2D eigenvalue weighted by molar-refractivity contribution is 1.80. The minimum atomic E-state index is -1.34. The highest BCUT2D eigenvalue weighted by Gasteiger charge is 2.14. The van der Waals surface area contributed by atoms with E-state index in [-0.39, 0.29) is 0 Å². The highest BCUT2D eigenvalue weighted by molar-refractivity contribution is 7.22. The Balaban J connectivity index is 1.89. The first-order valence-electron chi connectivity index (χ1n) is 8.95. The van der Waals surface area contributed by atoms with Crippen molar-refractivity contribution in [3.8, 4) is 43.1 Å². The van der Waals surface area contributed by atoms with Crippen molar-refractivity contribution in [3.63, 3.8) is 0 Å². The van der Waals surface area contributed by atoms with Crippen LogP contribution in [-0.2, 0) is 0 Å². The quantitative estimate of drug-likeness (QED) is 0.283. The highest BCUT2D eigenvalue weighted by atomic mass is 32.1. The molecule has 0 amide bonds. The van der Waals surface area contributed by atoms with Crippen molar-refractivity contribution >= 4 is 50.2 Å². The van der Waals surface area contributed by atoms with Crippen LogP contribution in [0.1, 0.15) is 9.75 Å². The zero-order chi connectivity index (χ0) is 19.7. The third kappa shape index (κ3) is 5.81.